The Balaban J connectivity index is 1.53. The summed E-state index contributed by atoms with van der Waals surface area (Å²) in [4.78, 5) is 23.1. The number of rotatable bonds is 4. The molecular weight excluding hydrogens is 361 g/mol. The highest BCUT2D eigenvalue weighted by Gasteiger charge is 2.21. The summed E-state index contributed by atoms with van der Waals surface area (Å²) in [5.74, 6) is -0.129. The molecule has 0 radical (unpaired) electrons. The summed E-state index contributed by atoms with van der Waals surface area (Å²) in [7, 11) is 0. The molecule has 28 heavy (non-hydrogen) atoms. The molecule has 144 valence electrons. The first-order valence-corrected chi connectivity index (χ1v) is 9.04. The van der Waals surface area contributed by atoms with E-state index in [1.54, 1.807) is 24.4 Å². The molecule has 3 aromatic rings. The minimum atomic E-state index is -0.443. The number of H-pyrrole nitrogens is 1. The minimum absolute atomic E-state index is 0.0913. The Kier molecular flexibility index (Phi) is 4.98. The van der Waals surface area contributed by atoms with Crippen molar-refractivity contribution < 1.29 is 9.18 Å². The molecule has 8 nitrogen and oxygen atoms in total. The van der Waals surface area contributed by atoms with Crippen molar-refractivity contribution >= 4 is 17.4 Å². The molecule has 0 atom stereocenters. The Hall–Kier alpha value is -3.33. The number of nitrogens with one attached hydrogen (secondary N) is 2. The van der Waals surface area contributed by atoms with Gasteiger partial charge in [0.1, 0.15) is 23.0 Å². The van der Waals surface area contributed by atoms with Gasteiger partial charge in [0.2, 0.25) is 0 Å². The maximum Gasteiger partial charge on any atom is 0.276 e. The number of amides is 1. The van der Waals surface area contributed by atoms with Crippen molar-refractivity contribution in [1.29, 1.82) is 0 Å². The second kappa shape index (κ2) is 7.73. The van der Waals surface area contributed by atoms with Crippen molar-refractivity contribution in [2.45, 2.75) is 18.9 Å². The lowest BCUT2D eigenvalue weighted by molar-refractivity contribution is 0.102. The van der Waals surface area contributed by atoms with Gasteiger partial charge in [0.05, 0.1) is 24.3 Å². The normalized spacial score (nSPS) is 14.9. The summed E-state index contributed by atoms with van der Waals surface area (Å²) in [6, 6.07) is 6.43. The summed E-state index contributed by atoms with van der Waals surface area (Å²) in [6.45, 7) is 1.57. The molecule has 1 aliphatic heterocycles. The second-order valence-electron chi connectivity index (χ2n) is 6.68. The molecule has 0 spiro atoms. The lowest BCUT2D eigenvalue weighted by Gasteiger charge is -2.31. The van der Waals surface area contributed by atoms with Crippen LogP contribution in [0.15, 0.2) is 42.9 Å². The fourth-order valence-electron chi connectivity index (χ4n) is 3.20. The van der Waals surface area contributed by atoms with Crippen molar-refractivity contribution in [3.05, 3.63) is 54.4 Å². The third-order valence-corrected chi connectivity index (χ3v) is 4.74. The molecule has 2 aromatic heterocycles. The number of aromatic amines is 1. The minimum Gasteiger partial charge on any atom is -0.355 e. The molecule has 4 N–H and O–H groups in total. The molecule has 4 rings (SSSR count). The van der Waals surface area contributed by atoms with Gasteiger partial charge in [0.25, 0.3) is 5.91 Å². The van der Waals surface area contributed by atoms with E-state index in [0.29, 0.717) is 16.9 Å². The number of benzene rings is 1. The predicted molar refractivity (Wildman–Crippen MR) is 103 cm³/mol. The van der Waals surface area contributed by atoms with Gasteiger partial charge in [-0.3, -0.25) is 14.9 Å². The van der Waals surface area contributed by atoms with Gasteiger partial charge in [-0.15, -0.1) is 0 Å². The summed E-state index contributed by atoms with van der Waals surface area (Å²) in [6.07, 6.45) is 6.08. The van der Waals surface area contributed by atoms with Crippen LogP contribution in [0.4, 0.5) is 15.9 Å². The second-order valence-corrected chi connectivity index (χ2v) is 6.68. The van der Waals surface area contributed by atoms with E-state index >= 15 is 0 Å². The molecule has 0 saturated carbocycles. The molecule has 1 aliphatic rings. The van der Waals surface area contributed by atoms with Crippen LogP contribution in [-0.2, 0) is 0 Å². The van der Waals surface area contributed by atoms with Gasteiger partial charge in [-0.05, 0) is 25.0 Å². The van der Waals surface area contributed by atoms with Gasteiger partial charge in [-0.2, -0.15) is 5.10 Å². The Morgan fingerprint density at radius 1 is 1.21 bits per heavy atom. The topological polar surface area (TPSA) is 113 Å². The number of piperidine rings is 1. The van der Waals surface area contributed by atoms with Crippen molar-refractivity contribution in [2.75, 3.05) is 23.3 Å². The van der Waals surface area contributed by atoms with Crippen LogP contribution in [-0.4, -0.2) is 45.2 Å². The molecular formula is C19H20FN7O. The number of nitrogens with zero attached hydrogens (tertiary/aromatic N) is 4. The molecule has 1 saturated heterocycles. The molecule has 3 heterocycles. The van der Waals surface area contributed by atoms with E-state index in [4.69, 9.17) is 5.73 Å². The SMILES string of the molecule is NC1CCN(c2[nH]ncc2NC(=O)c2cncc(-c3ccccc3F)n2)CC1. The third-order valence-electron chi connectivity index (χ3n) is 4.74. The molecule has 0 unspecified atom stereocenters. The highest BCUT2D eigenvalue weighted by molar-refractivity contribution is 6.04. The van der Waals surface area contributed by atoms with Gasteiger partial charge >= 0.3 is 0 Å². The van der Waals surface area contributed by atoms with Crippen LogP contribution in [0, 0.1) is 5.82 Å². The number of anilines is 2. The van der Waals surface area contributed by atoms with Crippen molar-refractivity contribution in [1.82, 2.24) is 20.2 Å². The van der Waals surface area contributed by atoms with Crippen LogP contribution in [0.2, 0.25) is 0 Å². The number of carbonyl (C=O) groups excluding carboxylic acids is 1. The van der Waals surface area contributed by atoms with E-state index in [9.17, 15) is 9.18 Å². The average Bonchev–Trinajstić information content (AvgIpc) is 3.17. The molecule has 0 bridgehead atoms. The first kappa shape index (κ1) is 18.1. The van der Waals surface area contributed by atoms with E-state index in [0.717, 1.165) is 31.7 Å². The maximum absolute atomic E-state index is 14.0. The lowest BCUT2D eigenvalue weighted by Crippen LogP contribution is -2.40. The number of halogens is 1. The van der Waals surface area contributed by atoms with Crippen molar-refractivity contribution in [2.24, 2.45) is 5.73 Å². The molecule has 1 aromatic carbocycles. The monoisotopic (exact) mass is 381 g/mol. The van der Waals surface area contributed by atoms with Crippen molar-refractivity contribution in [3.63, 3.8) is 0 Å². The van der Waals surface area contributed by atoms with Crippen LogP contribution in [0.25, 0.3) is 11.3 Å². The van der Waals surface area contributed by atoms with Crippen LogP contribution in [0.5, 0.6) is 0 Å². The Labute approximate surface area is 161 Å². The first-order valence-electron chi connectivity index (χ1n) is 9.04. The third kappa shape index (κ3) is 3.70. The van der Waals surface area contributed by atoms with Crippen LogP contribution >= 0.6 is 0 Å². The zero-order valence-corrected chi connectivity index (χ0v) is 15.1. The zero-order chi connectivity index (χ0) is 19.5. The van der Waals surface area contributed by atoms with Crippen LogP contribution in [0.1, 0.15) is 23.3 Å². The summed E-state index contributed by atoms with van der Waals surface area (Å²) in [5.41, 5.74) is 7.18. The fraction of sp³-hybridized carbons (Fsp3) is 0.263. The molecule has 0 aliphatic carbocycles. The number of nitrogens with two attached hydrogens (primary N) is 1. The highest BCUT2D eigenvalue weighted by Crippen LogP contribution is 2.26. The Morgan fingerprint density at radius 2 is 2.00 bits per heavy atom. The van der Waals surface area contributed by atoms with E-state index in [-0.39, 0.29) is 11.7 Å². The smallest absolute Gasteiger partial charge is 0.276 e. The molecule has 9 heteroatoms. The average molecular weight is 381 g/mol. The van der Waals surface area contributed by atoms with Gasteiger partial charge in [0, 0.05) is 24.7 Å². The summed E-state index contributed by atoms with van der Waals surface area (Å²) in [5, 5.41) is 9.77. The molecule has 1 amide bonds. The Bertz CT molecular complexity index is 982. The summed E-state index contributed by atoms with van der Waals surface area (Å²) < 4.78 is 14.0. The zero-order valence-electron chi connectivity index (χ0n) is 15.1. The maximum atomic E-state index is 14.0. The predicted octanol–water partition coefficient (Wildman–Crippen LogP) is 2.19. The van der Waals surface area contributed by atoms with Gasteiger partial charge in [0.15, 0.2) is 0 Å². The van der Waals surface area contributed by atoms with Gasteiger partial charge in [-0.1, -0.05) is 12.1 Å². The number of carbonyl (C=O) groups is 1. The van der Waals surface area contributed by atoms with E-state index < -0.39 is 11.7 Å². The quantitative estimate of drug-likeness (QED) is 0.638. The van der Waals surface area contributed by atoms with E-state index in [1.807, 2.05) is 0 Å². The van der Waals surface area contributed by atoms with Gasteiger partial charge in [-0.25, -0.2) is 9.37 Å². The number of aromatic nitrogens is 4. The first-order chi connectivity index (χ1) is 13.6. The lowest BCUT2D eigenvalue weighted by atomic mass is 10.1. The largest absolute Gasteiger partial charge is 0.355 e. The standard InChI is InChI=1S/C19H20FN7O/c20-14-4-2-1-3-13(14)15-9-22-10-17(24-15)19(28)25-16-11-23-26-18(16)27-7-5-12(21)6-8-27/h1-4,9-12H,5-8,21H2,(H,23,26)(H,25,28). The van der Waals surface area contributed by atoms with Crippen LogP contribution < -0.4 is 16.0 Å². The number of hydrogen-bond donors (Lipinski definition) is 3. The number of hydrogen-bond acceptors (Lipinski definition) is 6. The fourth-order valence-corrected chi connectivity index (χ4v) is 3.20. The highest BCUT2D eigenvalue weighted by atomic mass is 19.1. The van der Waals surface area contributed by atoms with E-state index in [2.05, 4.69) is 30.4 Å². The van der Waals surface area contributed by atoms with Crippen molar-refractivity contribution in [3.8, 4) is 11.3 Å². The van der Waals surface area contributed by atoms with Gasteiger partial charge < -0.3 is 16.0 Å². The van der Waals surface area contributed by atoms with E-state index in [1.165, 1.54) is 18.5 Å². The molecule has 1 fully saturated rings. The van der Waals surface area contributed by atoms with Crippen LogP contribution in [0.3, 0.4) is 0 Å². The summed E-state index contributed by atoms with van der Waals surface area (Å²) >= 11 is 0. The Morgan fingerprint density at radius 3 is 2.79 bits per heavy atom.